The summed E-state index contributed by atoms with van der Waals surface area (Å²) >= 11 is 0. The number of amides is 1. The highest BCUT2D eigenvalue weighted by Gasteiger charge is 2.14. The number of carbonyl (C=O) groups is 1. The van der Waals surface area contributed by atoms with E-state index in [1.807, 2.05) is 43.3 Å². The molecule has 1 N–H and O–H groups in total. The van der Waals surface area contributed by atoms with Crippen LogP contribution in [0.15, 0.2) is 36.4 Å². The number of morpholine rings is 1. The van der Waals surface area contributed by atoms with E-state index in [2.05, 4.69) is 20.2 Å². The van der Waals surface area contributed by atoms with E-state index >= 15 is 0 Å². The molecule has 1 aromatic carbocycles. The molecule has 0 spiro atoms. The van der Waals surface area contributed by atoms with Crippen LogP contribution in [0.2, 0.25) is 0 Å². The maximum absolute atomic E-state index is 11.9. The molecule has 3 rings (SSSR count). The van der Waals surface area contributed by atoms with Gasteiger partial charge in [0.05, 0.1) is 19.8 Å². The topological polar surface area (TPSA) is 76.6 Å². The predicted molar refractivity (Wildman–Crippen MR) is 103 cm³/mol. The first-order valence-corrected chi connectivity index (χ1v) is 9.32. The molecule has 1 amide bonds. The van der Waals surface area contributed by atoms with E-state index in [1.165, 1.54) is 0 Å². The van der Waals surface area contributed by atoms with Gasteiger partial charge in [0.25, 0.3) is 0 Å². The summed E-state index contributed by atoms with van der Waals surface area (Å²) in [4.78, 5) is 22.9. The van der Waals surface area contributed by atoms with Gasteiger partial charge in [-0.3, -0.25) is 4.79 Å². The summed E-state index contributed by atoms with van der Waals surface area (Å²) < 4.78 is 11.1. The second-order valence-electron chi connectivity index (χ2n) is 6.40. The molecule has 1 aliphatic heterocycles. The van der Waals surface area contributed by atoms with Crippen LogP contribution in [-0.4, -0.2) is 55.3 Å². The smallest absolute Gasteiger partial charge is 0.220 e. The van der Waals surface area contributed by atoms with Gasteiger partial charge in [0, 0.05) is 25.6 Å². The molecule has 0 unspecified atom stereocenters. The molecule has 0 saturated carbocycles. The standard InChI is InChI=1S/C20H26N4O3/c1-16-22-18(24-10-13-26-14-11-24)15-20(23-16)27-12-9-21-19(25)8-7-17-5-3-2-4-6-17/h2-6,15H,7-14H2,1H3,(H,21,25). The van der Waals surface area contributed by atoms with Gasteiger partial charge in [0.15, 0.2) is 0 Å². The van der Waals surface area contributed by atoms with Gasteiger partial charge in [-0.05, 0) is 18.9 Å². The van der Waals surface area contributed by atoms with Gasteiger partial charge in [0.2, 0.25) is 11.8 Å². The Morgan fingerprint density at radius 3 is 2.78 bits per heavy atom. The summed E-state index contributed by atoms with van der Waals surface area (Å²) in [6.07, 6.45) is 1.21. The lowest BCUT2D eigenvalue weighted by molar-refractivity contribution is -0.121. The average molecular weight is 370 g/mol. The van der Waals surface area contributed by atoms with E-state index in [0.29, 0.717) is 44.5 Å². The van der Waals surface area contributed by atoms with Crippen molar-refractivity contribution in [1.82, 2.24) is 15.3 Å². The van der Waals surface area contributed by atoms with Crippen LogP contribution >= 0.6 is 0 Å². The number of aromatic nitrogens is 2. The fraction of sp³-hybridized carbons (Fsp3) is 0.450. The minimum absolute atomic E-state index is 0.0235. The third-order valence-electron chi connectivity index (χ3n) is 4.29. The highest BCUT2D eigenvalue weighted by molar-refractivity contribution is 5.76. The van der Waals surface area contributed by atoms with Gasteiger partial charge in [-0.25, -0.2) is 4.98 Å². The van der Waals surface area contributed by atoms with Crippen LogP contribution in [0, 0.1) is 6.92 Å². The Bertz CT molecular complexity index is 733. The van der Waals surface area contributed by atoms with Crippen LogP contribution in [0.5, 0.6) is 5.88 Å². The summed E-state index contributed by atoms with van der Waals surface area (Å²) in [5, 5.41) is 2.88. The number of nitrogens with zero attached hydrogens (tertiary/aromatic N) is 3. The van der Waals surface area contributed by atoms with Gasteiger partial charge in [0.1, 0.15) is 18.2 Å². The van der Waals surface area contributed by atoms with Crippen LogP contribution in [0.1, 0.15) is 17.8 Å². The van der Waals surface area contributed by atoms with Gasteiger partial charge in [-0.15, -0.1) is 0 Å². The molecule has 2 aromatic rings. The molecule has 0 bridgehead atoms. The molecular weight excluding hydrogens is 344 g/mol. The van der Waals surface area contributed by atoms with Gasteiger partial charge in [-0.2, -0.15) is 4.98 Å². The number of anilines is 1. The Morgan fingerprint density at radius 2 is 2.00 bits per heavy atom. The number of hydrogen-bond acceptors (Lipinski definition) is 6. The van der Waals surface area contributed by atoms with Crippen molar-refractivity contribution in [1.29, 1.82) is 0 Å². The molecule has 7 nitrogen and oxygen atoms in total. The van der Waals surface area contributed by atoms with E-state index < -0.39 is 0 Å². The third-order valence-corrected chi connectivity index (χ3v) is 4.29. The number of hydrogen-bond donors (Lipinski definition) is 1. The van der Waals surface area contributed by atoms with Crippen molar-refractivity contribution < 1.29 is 14.3 Å². The van der Waals surface area contributed by atoms with Crippen LogP contribution < -0.4 is 15.0 Å². The summed E-state index contributed by atoms with van der Waals surface area (Å²) in [7, 11) is 0. The van der Waals surface area contributed by atoms with Crippen molar-refractivity contribution in [3.05, 3.63) is 47.8 Å². The summed E-state index contributed by atoms with van der Waals surface area (Å²) in [5.41, 5.74) is 1.16. The number of aryl methyl sites for hydroxylation is 2. The number of rotatable bonds is 8. The molecular formula is C20H26N4O3. The zero-order valence-corrected chi connectivity index (χ0v) is 15.7. The van der Waals surface area contributed by atoms with E-state index in [1.54, 1.807) is 0 Å². The maximum atomic E-state index is 11.9. The molecule has 2 heterocycles. The lowest BCUT2D eigenvalue weighted by Gasteiger charge is -2.28. The van der Waals surface area contributed by atoms with Crippen LogP contribution in [0.3, 0.4) is 0 Å². The highest BCUT2D eigenvalue weighted by atomic mass is 16.5. The van der Waals surface area contributed by atoms with Crippen molar-refractivity contribution in [2.24, 2.45) is 0 Å². The molecule has 1 saturated heterocycles. The molecule has 0 aliphatic carbocycles. The number of nitrogens with one attached hydrogen (secondary N) is 1. The lowest BCUT2D eigenvalue weighted by atomic mass is 10.1. The Morgan fingerprint density at radius 1 is 1.22 bits per heavy atom. The molecule has 0 radical (unpaired) electrons. The predicted octanol–water partition coefficient (Wildman–Crippen LogP) is 1.75. The summed E-state index contributed by atoms with van der Waals surface area (Å²) in [6, 6.07) is 11.8. The number of benzene rings is 1. The quantitative estimate of drug-likeness (QED) is 0.714. The SMILES string of the molecule is Cc1nc(OCCNC(=O)CCc2ccccc2)cc(N2CCOCC2)n1. The molecule has 27 heavy (non-hydrogen) atoms. The van der Waals surface area contributed by atoms with Gasteiger partial charge >= 0.3 is 0 Å². The maximum Gasteiger partial charge on any atom is 0.220 e. The van der Waals surface area contributed by atoms with Crippen molar-refractivity contribution in [2.45, 2.75) is 19.8 Å². The molecule has 1 aromatic heterocycles. The number of ether oxygens (including phenoxy) is 2. The van der Waals surface area contributed by atoms with E-state index in [9.17, 15) is 4.79 Å². The minimum Gasteiger partial charge on any atom is -0.476 e. The highest BCUT2D eigenvalue weighted by Crippen LogP contribution is 2.18. The van der Waals surface area contributed by atoms with Crippen LogP contribution in [0.4, 0.5) is 5.82 Å². The molecule has 1 aliphatic rings. The van der Waals surface area contributed by atoms with Crippen molar-refractivity contribution in [3.63, 3.8) is 0 Å². The zero-order chi connectivity index (χ0) is 18.9. The monoisotopic (exact) mass is 370 g/mol. The van der Waals surface area contributed by atoms with Gasteiger partial charge in [-0.1, -0.05) is 30.3 Å². The third kappa shape index (κ3) is 6.21. The first-order valence-electron chi connectivity index (χ1n) is 9.32. The van der Waals surface area contributed by atoms with E-state index in [4.69, 9.17) is 9.47 Å². The first kappa shape index (κ1) is 19.1. The fourth-order valence-electron chi connectivity index (χ4n) is 2.89. The largest absolute Gasteiger partial charge is 0.476 e. The van der Waals surface area contributed by atoms with Crippen molar-refractivity contribution in [3.8, 4) is 5.88 Å². The molecule has 144 valence electrons. The Kier molecular flexibility index (Phi) is 6.98. The van der Waals surface area contributed by atoms with Crippen LogP contribution in [-0.2, 0) is 16.0 Å². The normalized spacial score (nSPS) is 14.0. The molecule has 1 fully saturated rings. The van der Waals surface area contributed by atoms with Gasteiger partial charge < -0.3 is 19.7 Å². The van der Waals surface area contributed by atoms with Crippen molar-refractivity contribution >= 4 is 11.7 Å². The van der Waals surface area contributed by atoms with E-state index in [-0.39, 0.29) is 5.91 Å². The Labute approximate surface area is 159 Å². The van der Waals surface area contributed by atoms with Crippen molar-refractivity contribution in [2.75, 3.05) is 44.4 Å². The minimum atomic E-state index is 0.0235. The Balaban J connectivity index is 1.40. The zero-order valence-electron chi connectivity index (χ0n) is 15.7. The molecule has 0 atom stereocenters. The molecule has 7 heteroatoms. The van der Waals surface area contributed by atoms with Crippen LogP contribution in [0.25, 0.3) is 0 Å². The first-order chi connectivity index (χ1) is 13.2. The lowest BCUT2D eigenvalue weighted by Crippen LogP contribution is -2.37. The summed E-state index contributed by atoms with van der Waals surface area (Å²) in [6.45, 7) is 5.70. The van der Waals surface area contributed by atoms with E-state index in [0.717, 1.165) is 30.9 Å². The second-order valence-corrected chi connectivity index (χ2v) is 6.40. The average Bonchev–Trinajstić information content (AvgIpc) is 2.71. The number of carbonyl (C=O) groups excluding carboxylic acids is 1. The fourth-order valence-corrected chi connectivity index (χ4v) is 2.89. The summed E-state index contributed by atoms with van der Waals surface area (Å²) in [5.74, 6) is 2.08. The second kappa shape index (κ2) is 9.87. The Hall–Kier alpha value is -2.67.